The Labute approximate surface area is 129 Å². The minimum Gasteiger partial charge on any atom is -0.325 e. The third-order valence-electron chi connectivity index (χ3n) is 4.63. The fourth-order valence-corrected chi connectivity index (χ4v) is 3.47. The minimum atomic E-state index is 0.133. The summed E-state index contributed by atoms with van der Waals surface area (Å²) in [5.41, 5.74) is 2.86. The van der Waals surface area contributed by atoms with E-state index in [1.54, 1.807) is 6.33 Å². The molecule has 0 saturated heterocycles. The van der Waals surface area contributed by atoms with E-state index in [0.717, 1.165) is 24.5 Å². The summed E-state index contributed by atoms with van der Waals surface area (Å²) >= 11 is 0. The highest BCUT2D eigenvalue weighted by Gasteiger charge is 2.27. The van der Waals surface area contributed by atoms with Crippen LogP contribution >= 0.6 is 0 Å². The summed E-state index contributed by atoms with van der Waals surface area (Å²) in [6, 6.07) is 9.15. The first-order valence-electron chi connectivity index (χ1n) is 7.69. The van der Waals surface area contributed by atoms with Gasteiger partial charge in [-0.1, -0.05) is 24.3 Å². The Morgan fingerprint density at radius 3 is 2.50 bits per heavy atom. The summed E-state index contributed by atoms with van der Waals surface area (Å²) in [5, 5.41) is 4.51. The lowest BCUT2D eigenvalue weighted by Gasteiger charge is -2.19. The van der Waals surface area contributed by atoms with Crippen LogP contribution in [0.1, 0.15) is 41.8 Å². The lowest BCUT2D eigenvalue weighted by atomic mass is 10.1. The molecule has 1 aliphatic rings. The highest BCUT2D eigenvalue weighted by molar-refractivity contribution is 5.33. The first-order valence-corrected chi connectivity index (χ1v) is 7.69. The van der Waals surface area contributed by atoms with Crippen molar-refractivity contribution >= 4 is 0 Å². The summed E-state index contributed by atoms with van der Waals surface area (Å²) in [6.45, 7) is 4.17. The van der Waals surface area contributed by atoms with Crippen molar-refractivity contribution in [3.63, 3.8) is 0 Å². The average Bonchev–Trinajstić information content (AvgIpc) is 3.24. The second-order valence-electron chi connectivity index (χ2n) is 5.95. The first kappa shape index (κ1) is 13.2. The zero-order chi connectivity index (χ0) is 15.1. The smallest absolute Gasteiger partial charge is 0.149 e. The van der Waals surface area contributed by atoms with Crippen molar-refractivity contribution in [3.05, 3.63) is 65.8 Å². The summed E-state index contributed by atoms with van der Waals surface area (Å²) in [5.74, 6) is 2.00. The van der Waals surface area contributed by atoms with Gasteiger partial charge in [-0.15, -0.1) is 0 Å². The molecule has 2 heterocycles. The maximum atomic E-state index is 4.52. The molecule has 0 fully saturated rings. The molecule has 1 atom stereocenters. The normalized spacial score (nSPS) is 15.9. The third-order valence-corrected chi connectivity index (χ3v) is 4.63. The van der Waals surface area contributed by atoms with E-state index in [9.17, 15) is 0 Å². The number of benzene rings is 1. The van der Waals surface area contributed by atoms with Crippen molar-refractivity contribution in [2.24, 2.45) is 0 Å². The van der Waals surface area contributed by atoms with Crippen LogP contribution in [0.2, 0.25) is 0 Å². The molecule has 0 radical (unpaired) electrons. The van der Waals surface area contributed by atoms with Crippen molar-refractivity contribution in [3.8, 4) is 0 Å². The Bertz CT molecular complexity index is 776. The van der Waals surface area contributed by atoms with Crippen molar-refractivity contribution in [1.82, 2.24) is 24.3 Å². The third kappa shape index (κ3) is 2.04. The van der Waals surface area contributed by atoms with Gasteiger partial charge in [0.05, 0.1) is 12.1 Å². The minimum absolute atomic E-state index is 0.133. The molecule has 5 heteroatoms. The fourth-order valence-electron chi connectivity index (χ4n) is 3.47. The lowest BCUT2D eigenvalue weighted by Crippen LogP contribution is -2.19. The molecule has 1 aromatic carbocycles. The van der Waals surface area contributed by atoms with Gasteiger partial charge >= 0.3 is 0 Å². The predicted molar refractivity (Wildman–Crippen MR) is 83.7 cm³/mol. The van der Waals surface area contributed by atoms with Gasteiger partial charge in [-0.3, -0.25) is 0 Å². The molecular weight excluding hydrogens is 274 g/mol. The molecule has 1 aliphatic carbocycles. The van der Waals surface area contributed by atoms with Crippen molar-refractivity contribution in [2.75, 3.05) is 0 Å². The summed E-state index contributed by atoms with van der Waals surface area (Å²) in [4.78, 5) is 8.84. The molecule has 0 aliphatic heterocycles. The summed E-state index contributed by atoms with van der Waals surface area (Å²) < 4.78 is 4.24. The van der Waals surface area contributed by atoms with Gasteiger partial charge in [0.25, 0.3) is 0 Å². The topological polar surface area (TPSA) is 48.5 Å². The van der Waals surface area contributed by atoms with E-state index in [1.807, 2.05) is 19.3 Å². The zero-order valence-corrected chi connectivity index (χ0v) is 12.8. The van der Waals surface area contributed by atoms with Gasteiger partial charge in [-0.2, -0.15) is 5.10 Å². The van der Waals surface area contributed by atoms with Crippen LogP contribution in [0.15, 0.2) is 43.0 Å². The molecule has 112 valence electrons. The van der Waals surface area contributed by atoms with Gasteiger partial charge in [-0.25, -0.2) is 14.6 Å². The Morgan fingerprint density at radius 2 is 1.86 bits per heavy atom. The molecule has 2 aromatic heterocycles. The Hall–Kier alpha value is -2.43. The van der Waals surface area contributed by atoms with Crippen LogP contribution in [0.3, 0.4) is 0 Å². The van der Waals surface area contributed by atoms with Gasteiger partial charge in [0.2, 0.25) is 0 Å². The van der Waals surface area contributed by atoms with Gasteiger partial charge in [0, 0.05) is 12.4 Å². The Balaban J connectivity index is 1.66. The molecule has 5 nitrogen and oxygen atoms in total. The van der Waals surface area contributed by atoms with E-state index >= 15 is 0 Å². The first-order chi connectivity index (χ1) is 10.7. The van der Waals surface area contributed by atoms with Crippen molar-refractivity contribution in [1.29, 1.82) is 0 Å². The van der Waals surface area contributed by atoms with E-state index in [1.165, 1.54) is 11.1 Å². The van der Waals surface area contributed by atoms with Gasteiger partial charge in [0.1, 0.15) is 18.0 Å². The molecule has 0 saturated carbocycles. The lowest BCUT2D eigenvalue weighted by molar-refractivity contribution is 0.426. The number of nitrogens with zero attached hydrogens (tertiary/aromatic N) is 5. The number of rotatable bonds is 3. The highest BCUT2D eigenvalue weighted by atomic mass is 15.4. The van der Waals surface area contributed by atoms with Crippen molar-refractivity contribution in [2.45, 2.75) is 38.8 Å². The van der Waals surface area contributed by atoms with Gasteiger partial charge < -0.3 is 4.57 Å². The SMILES string of the molecule is Cc1nccn1[C@@H](C)c1ncnn1C1Cc2ccccc2C1. The average molecular weight is 293 g/mol. The molecule has 4 rings (SSSR count). The van der Waals surface area contributed by atoms with Crippen LogP contribution in [-0.2, 0) is 12.8 Å². The maximum absolute atomic E-state index is 4.52. The molecule has 0 spiro atoms. The van der Waals surface area contributed by atoms with Crippen molar-refractivity contribution < 1.29 is 0 Å². The van der Waals surface area contributed by atoms with E-state index in [2.05, 4.69) is 55.5 Å². The van der Waals surface area contributed by atoms with Crippen LogP contribution in [-0.4, -0.2) is 24.3 Å². The molecule has 0 bridgehead atoms. The number of hydrogen-bond acceptors (Lipinski definition) is 3. The highest BCUT2D eigenvalue weighted by Crippen LogP contribution is 2.31. The second kappa shape index (κ2) is 5.09. The molecule has 22 heavy (non-hydrogen) atoms. The summed E-state index contributed by atoms with van der Waals surface area (Å²) in [7, 11) is 0. The standard InChI is InChI=1S/C17H19N5/c1-12(21-8-7-18-13(21)2)17-19-11-20-22(17)16-9-14-5-3-4-6-15(14)10-16/h3-8,11-12,16H,9-10H2,1-2H3/t12-/m0/s1. The molecule has 3 aromatic rings. The largest absolute Gasteiger partial charge is 0.325 e. The van der Waals surface area contributed by atoms with Crippen LogP contribution in [0.25, 0.3) is 0 Å². The van der Waals surface area contributed by atoms with Crippen LogP contribution in [0, 0.1) is 6.92 Å². The zero-order valence-electron chi connectivity index (χ0n) is 12.8. The van der Waals surface area contributed by atoms with Crippen LogP contribution in [0.4, 0.5) is 0 Å². The van der Waals surface area contributed by atoms with E-state index < -0.39 is 0 Å². The number of fused-ring (bicyclic) bond motifs is 1. The van der Waals surface area contributed by atoms with Gasteiger partial charge in [-0.05, 0) is 37.8 Å². The number of imidazole rings is 1. The van der Waals surface area contributed by atoms with Crippen LogP contribution < -0.4 is 0 Å². The number of hydrogen-bond donors (Lipinski definition) is 0. The number of aryl methyl sites for hydroxylation is 1. The second-order valence-corrected chi connectivity index (χ2v) is 5.95. The number of aromatic nitrogens is 5. The quantitative estimate of drug-likeness (QED) is 0.746. The van der Waals surface area contributed by atoms with E-state index in [-0.39, 0.29) is 6.04 Å². The van der Waals surface area contributed by atoms with Gasteiger partial charge in [0.15, 0.2) is 0 Å². The van der Waals surface area contributed by atoms with E-state index in [0.29, 0.717) is 6.04 Å². The summed E-state index contributed by atoms with van der Waals surface area (Å²) in [6.07, 6.45) is 7.56. The fraction of sp³-hybridized carbons (Fsp3) is 0.353. The maximum Gasteiger partial charge on any atom is 0.149 e. The predicted octanol–water partition coefficient (Wildman–Crippen LogP) is 2.73. The Morgan fingerprint density at radius 1 is 1.14 bits per heavy atom. The van der Waals surface area contributed by atoms with E-state index in [4.69, 9.17) is 0 Å². The molecule has 0 N–H and O–H groups in total. The monoisotopic (exact) mass is 293 g/mol. The molecule has 0 unspecified atom stereocenters. The molecular formula is C17H19N5. The van der Waals surface area contributed by atoms with Crippen LogP contribution in [0.5, 0.6) is 0 Å². The Kier molecular flexibility index (Phi) is 3.06. The molecule has 0 amide bonds.